The fourth-order valence-corrected chi connectivity index (χ4v) is 0.603. The maximum atomic E-state index is 8.80. The van der Waals surface area contributed by atoms with Crippen molar-refractivity contribution in [3.63, 3.8) is 0 Å². The van der Waals surface area contributed by atoms with E-state index in [9.17, 15) is 0 Å². The second kappa shape index (κ2) is 2.11. The smallest absolute Gasteiger partial charge is 0.156 e. The van der Waals surface area contributed by atoms with Gasteiger partial charge in [-0.3, -0.25) is 0 Å². The molecule has 0 saturated heterocycles. The van der Waals surface area contributed by atoms with Crippen LogP contribution in [-0.2, 0) is 0 Å². The molecule has 0 saturated carbocycles. The SMILES string of the molecule is Nc1cc(Cl)ncc1O. The normalized spacial score (nSPS) is 9.44. The van der Waals surface area contributed by atoms with Crippen molar-refractivity contribution >= 4 is 17.3 Å². The molecule has 0 aromatic carbocycles. The summed E-state index contributed by atoms with van der Waals surface area (Å²) in [5.74, 6) is -0.0422. The number of pyridine rings is 1. The molecule has 0 fully saturated rings. The Balaban J connectivity index is 3.17. The molecular formula is C5H5ClN2O. The van der Waals surface area contributed by atoms with Gasteiger partial charge in [-0.2, -0.15) is 0 Å². The third-order valence-electron chi connectivity index (χ3n) is 0.881. The van der Waals surface area contributed by atoms with Gasteiger partial charge >= 0.3 is 0 Å². The van der Waals surface area contributed by atoms with Gasteiger partial charge in [0, 0.05) is 6.07 Å². The summed E-state index contributed by atoms with van der Waals surface area (Å²) in [5.41, 5.74) is 5.49. The second-order valence-electron chi connectivity index (χ2n) is 1.57. The van der Waals surface area contributed by atoms with E-state index >= 15 is 0 Å². The Hall–Kier alpha value is -0.960. The van der Waals surface area contributed by atoms with Crippen molar-refractivity contribution in [2.45, 2.75) is 0 Å². The number of aromatic nitrogens is 1. The average molecular weight is 145 g/mol. The quantitative estimate of drug-likeness (QED) is 0.535. The van der Waals surface area contributed by atoms with Crippen LogP contribution < -0.4 is 5.73 Å². The zero-order valence-electron chi connectivity index (χ0n) is 4.50. The van der Waals surface area contributed by atoms with Crippen LogP contribution in [0.1, 0.15) is 0 Å². The average Bonchev–Trinajstić information content (AvgIpc) is 1.80. The molecular weight excluding hydrogens is 140 g/mol. The maximum absolute atomic E-state index is 8.80. The summed E-state index contributed by atoms with van der Waals surface area (Å²) >= 11 is 5.41. The van der Waals surface area contributed by atoms with E-state index in [0.29, 0.717) is 0 Å². The number of nitrogens with zero attached hydrogens (tertiary/aromatic N) is 1. The molecule has 0 bridgehead atoms. The Morgan fingerprint density at radius 3 is 2.78 bits per heavy atom. The summed E-state index contributed by atoms with van der Waals surface area (Å²) in [6.07, 6.45) is 1.21. The second-order valence-corrected chi connectivity index (χ2v) is 1.95. The highest BCUT2D eigenvalue weighted by Crippen LogP contribution is 2.19. The molecule has 0 unspecified atom stereocenters. The highest BCUT2D eigenvalue weighted by molar-refractivity contribution is 6.29. The number of rotatable bonds is 0. The van der Waals surface area contributed by atoms with Gasteiger partial charge in [-0.1, -0.05) is 11.6 Å². The number of anilines is 1. The molecule has 0 aliphatic heterocycles. The Kier molecular flexibility index (Phi) is 1.44. The zero-order valence-corrected chi connectivity index (χ0v) is 5.26. The summed E-state index contributed by atoms with van der Waals surface area (Å²) in [6.45, 7) is 0. The molecule has 3 nitrogen and oxygen atoms in total. The van der Waals surface area contributed by atoms with Crippen LogP contribution in [0.5, 0.6) is 5.75 Å². The van der Waals surface area contributed by atoms with Crippen LogP contribution in [0.3, 0.4) is 0 Å². The first kappa shape index (κ1) is 6.16. The van der Waals surface area contributed by atoms with Gasteiger partial charge in [0.1, 0.15) is 5.15 Å². The minimum absolute atomic E-state index is 0.0422. The maximum Gasteiger partial charge on any atom is 0.156 e. The van der Waals surface area contributed by atoms with E-state index in [1.807, 2.05) is 0 Å². The van der Waals surface area contributed by atoms with Crippen LogP contribution in [0, 0.1) is 0 Å². The van der Waals surface area contributed by atoms with E-state index in [4.69, 9.17) is 22.4 Å². The Bertz CT molecular complexity index is 226. The van der Waals surface area contributed by atoms with Crippen LogP contribution in [0.15, 0.2) is 12.3 Å². The lowest BCUT2D eigenvalue weighted by Crippen LogP contribution is -1.85. The van der Waals surface area contributed by atoms with Crippen LogP contribution in [0.2, 0.25) is 5.15 Å². The number of halogens is 1. The standard InChI is InChI=1S/C5H5ClN2O/c6-5-1-3(7)4(9)2-8-5/h1-2,9H,(H2,7,8). The van der Waals surface area contributed by atoms with Crippen molar-refractivity contribution in [3.8, 4) is 5.75 Å². The van der Waals surface area contributed by atoms with Gasteiger partial charge in [-0.15, -0.1) is 0 Å². The summed E-state index contributed by atoms with van der Waals surface area (Å²) in [4.78, 5) is 3.57. The van der Waals surface area contributed by atoms with E-state index in [2.05, 4.69) is 4.98 Å². The molecule has 0 atom stereocenters. The number of hydrogen-bond donors (Lipinski definition) is 2. The van der Waals surface area contributed by atoms with Gasteiger partial charge in [-0.05, 0) is 0 Å². The molecule has 48 valence electrons. The van der Waals surface area contributed by atoms with Crippen LogP contribution in [0.25, 0.3) is 0 Å². The number of nitrogens with two attached hydrogens (primary N) is 1. The molecule has 0 spiro atoms. The molecule has 3 N–H and O–H groups in total. The molecule has 1 heterocycles. The third kappa shape index (κ3) is 1.23. The predicted octanol–water partition coefficient (Wildman–Crippen LogP) is 1.02. The topological polar surface area (TPSA) is 59.1 Å². The van der Waals surface area contributed by atoms with Gasteiger partial charge in [0.25, 0.3) is 0 Å². The molecule has 1 rings (SSSR count). The monoisotopic (exact) mass is 144 g/mol. The van der Waals surface area contributed by atoms with E-state index < -0.39 is 0 Å². The molecule has 1 aromatic heterocycles. The van der Waals surface area contributed by atoms with Crippen LogP contribution in [0.4, 0.5) is 5.69 Å². The molecule has 0 radical (unpaired) electrons. The van der Waals surface area contributed by atoms with Gasteiger partial charge in [-0.25, -0.2) is 4.98 Å². The third-order valence-corrected chi connectivity index (χ3v) is 1.09. The largest absolute Gasteiger partial charge is 0.504 e. The lowest BCUT2D eigenvalue weighted by Gasteiger charge is -1.94. The molecule has 0 amide bonds. The van der Waals surface area contributed by atoms with Crippen molar-refractivity contribution in [2.75, 3.05) is 5.73 Å². The van der Waals surface area contributed by atoms with Crippen LogP contribution >= 0.6 is 11.6 Å². The highest BCUT2D eigenvalue weighted by Gasteiger charge is 1.95. The lowest BCUT2D eigenvalue weighted by atomic mass is 10.4. The molecule has 4 heteroatoms. The number of nitrogen functional groups attached to an aromatic ring is 1. The van der Waals surface area contributed by atoms with Crippen molar-refractivity contribution in [1.82, 2.24) is 4.98 Å². The molecule has 9 heavy (non-hydrogen) atoms. The van der Waals surface area contributed by atoms with Gasteiger partial charge < -0.3 is 10.8 Å². The number of aromatic hydroxyl groups is 1. The summed E-state index contributed by atoms with van der Waals surface area (Å²) < 4.78 is 0. The predicted molar refractivity (Wildman–Crippen MR) is 35.3 cm³/mol. The summed E-state index contributed by atoms with van der Waals surface area (Å²) in [5, 5.41) is 9.08. The fraction of sp³-hybridized carbons (Fsp3) is 0. The van der Waals surface area contributed by atoms with Crippen molar-refractivity contribution in [3.05, 3.63) is 17.4 Å². The van der Waals surface area contributed by atoms with Crippen LogP contribution in [-0.4, -0.2) is 10.1 Å². The Morgan fingerprint density at radius 1 is 1.67 bits per heavy atom. The van der Waals surface area contributed by atoms with E-state index in [0.717, 1.165) is 0 Å². The summed E-state index contributed by atoms with van der Waals surface area (Å²) in [7, 11) is 0. The minimum Gasteiger partial charge on any atom is -0.504 e. The Labute approximate surface area is 57.1 Å². The summed E-state index contributed by atoms with van der Waals surface area (Å²) in [6, 6.07) is 1.39. The fourth-order valence-electron chi connectivity index (χ4n) is 0.437. The van der Waals surface area contributed by atoms with E-state index in [1.165, 1.54) is 12.3 Å². The first-order valence-corrected chi connectivity index (χ1v) is 2.68. The molecule has 0 aliphatic rings. The van der Waals surface area contributed by atoms with E-state index in [1.54, 1.807) is 0 Å². The minimum atomic E-state index is -0.0422. The number of hydrogen-bond acceptors (Lipinski definition) is 3. The van der Waals surface area contributed by atoms with Crippen molar-refractivity contribution in [1.29, 1.82) is 0 Å². The zero-order chi connectivity index (χ0) is 6.85. The first-order chi connectivity index (χ1) is 4.20. The van der Waals surface area contributed by atoms with Gasteiger partial charge in [0.15, 0.2) is 5.75 Å². The Morgan fingerprint density at radius 2 is 2.33 bits per heavy atom. The first-order valence-electron chi connectivity index (χ1n) is 2.30. The molecule has 0 aliphatic carbocycles. The van der Waals surface area contributed by atoms with Crippen molar-refractivity contribution < 1.29 is 5.11 Å². The van der Waals surface area contributed by atoms with Gasteiger partial charge in [0.2, 0.25) is 0 Å². The van der Waals surface area contributed by atoms with Crippen molar-refractivity contribution in [2.24, 2.45) is 0 Å². The van der Waals surface area contributed by atoms with E-state index in [-0.39, 0.29) is 16.6 Å². The lowest BCUT2D eigenvalue weighted by molar-refractivity contribution is 0.475. The molecule has 1 aromatic rings. The highest BCUT2D eigenvalue weighted by atomic mass is 35.5. The van der Waals surface area contributed by atoms with Gasteiger partial charge in [0.05, 0.1) is 11.9 Å².